The molecular formula is C13H19N3O2. The summed E-state index contributed by atoms with van der Waals surface area (Å²) in [4.78, 5) is 13.1. The molecule has 0 spiro atoms. The molecule has 5 nitrogen and oxygen atoms in total. The zero-order valence-electron chi connectivity index (χ0n) is 10.5. The highest BCUT2D eigenvalue weighted by molar-refractivity contribution is 5.94. The minimum Gasteiger partial charge on any atom is -0.478 e. The minimum absolute atomic E-state index is 0.149. The number of likely N-dealkylation sites (N-methyl/N-ethyl adjacent to an activating group) is 1. The molecule has 0 heterocycles. The zero-order chi connectivity index (χ0) is 13.1. The molecule has 4 N–H and O–H groups in total. The normalized spacial score (nSPS) is 14.8. The Morgan fingerprint density at radius 2 is 2.28 bits per heavy atom. The van der Waals surface area contributed by atoms with Crippen molar-refractivity contribution in [2.24, 2.45) is 0 Å². The highest BCUT2D eigenvalue weighted by Gasteiger charge is 2.25. The van der Waals surface area contributed by atoms with E-state index >= 15 is 0 Å². The largest absolute Gasteiger partial charge is 0.478 e. The summed E-state index contributed by atoms with van der Waals surface area (Å²) < 4.78 is 0. The number of carbonyl (C=O) groups is 1. The Bertz CT molecular complexity index is 444. The molecule has 1 aliphatic carbocycles. The molecule has 0 atom stereocenters. The van der Waals surface area contributed by atoms with Crippen molar-refractivity contribution < 1.29 is 9.90 Å². The fraction of sp³-hybridized carbons (Fsp3) is 0.462. The van der Waals surface area contributed by atoms with Gasteiger partial charge in [0.1, 0.15) is 0 Å². The summed E-state index contributed by atoms with van der Waals surface area (Å²) in [5, 5.41) is 12.1. The van der Waals surface area contributed by atoms with Gasteiger partial charge >= 0.3 is 5.97 Å². The maximum Gasteiger partial charge on any atom is 0.337 e. The molecule has 0 aliphatic heterocycles. The van der Waals surface area contributed by atoms with E-state index in [1.807, 2.05) is 0 Å². The molecule has 5 heteroatoms. The molecule has 0 unspecified atom stereocenters. The van der Waals surface area contributed by atoms with E-state index in [-0.39, 0.29) is 5.56 Å². The lowest BCUT2D eigenvalue weighted by Gasteiger charge is -2.16. The number of hydrogen-bond donors (Lipinski definition) is 3. The van der Waals surface area contributed by atoms with E-state index in [9.17, 15) is 4.79 Å². The van der Waals surface area contributed by atoms with Gasteiger partial charge in [-0.1, -0.05) is 0 Å². The van der Waals surface area contributed by atoms with Gasteiger partial charge in [0, 0.05) is 30.5 Å². The van der Waals surface area contributed by atoms with Crippen molar-refractivity contribution in [2.75, 3.05) is 31.2 Å². The van der Waals surface area contributed by atoms with Gasteiger partial charge < -0.3 is 21.1 Å². The van der Waals surface area contributed by atoms with Crippen molar-refractivity contribution in [1.29, 1.82) is 0 Å². The average molecular weight is 249 g/mol. The number of nitrogens with zero attached hydrogens (tertiary/aromatic N) is 1. The van der Waals surface area contributed by atoms with E-state index in [4.69, 9.17) is 10.8 Å². The summed E-state index contributed by atoms with van der Waals surface area (Å²) in [6, 6.07) is 5.70. The first-order valence-corrected chi connectivity index (χ1v) is 6.15. The molecule has 2 rings (SSSR count). The monoisotopic (exact) mass is 249 g/mol. The van der Waals surface area contributed by atoms with Crippen LogP contribution in [0, 0.1) is 0 Å². The molecule has 1 aromatic rings. The Morgan fingerprint density at radius 1 is 1.56 bits per heavy atom. The summed E-state index contributed by atoms with van der Waals surface area (Å²) in [7, 11) is 2.13. The van der Waals surface area contributed by atoms with Gasteiger partial charge in [0.25, 0.3) is 0 Å². The quantitative estimate of drug-likeness (QED) is 0.665. The lowest BCUT2D eigenvalue weighted by atomic mass is 10.1. The van der Waals surface area contributed by atoms with Gasteiger partial charge in [0.05, 0.1) is 5.56 Å². The van der Waals surface area contributed by atoms with Crippen LogP contribution in [0.3, 0.4) is 0 Å². The summed E-state index contributed by atoms with van der Waals surface area (Å²) in [6.07, 6.45) is 2.60. The third-order valence-electron chi connectivity index (χ3n) is 3.25. The number of nitrogens with one attached hydrogen (secondary N) is 1. The van der Waals surface area contributed by atoms with Crippen LogP contribution in [0.1, 0.15) is 23.2 Å². The van der Waals surface area contributed by atoms with Crippen molar-refractivity contribution in [1.82, 2.24) is 4.90 Å². The number of carboxylic acid groups (broad SMARTS) is 1. The number of benzene rings is 1. The van der Waals surface area contributed by atoms with Gasteiger partial charge in [0.15, 0.2) is 0 Å². The Kier molecular flexibility index (Phi) is 3.72. The maximum absolute atomic E-state index is 10.8. The van der Waals surface area contributed by atoms with Gasteiger partial charge in [-0.25, -0.2) is 4.79 Å². The summed E-state index contributed by atoms with van der Waals surface area (Å²) in [6.45, 7) is 1.81. The number of nitrogen functional groups attached to an aromatic ring is 1. The standard InChI is InChI=1S/C13H19N3O2/c1-16(10-3-4-10)7-6-15-9-2-5-11(13(17)18)12(14)8-9/h2,5,8,10,15H,3-4,6-7,14H2,1H3,(H,17,18). The lowest BCUT2D eigenvalue weighted by Crippen LogP contribution is -2.27. The molecule has 1 saturated carbocycles. The second-order valence-electron chi connectivity index (χ2n) is 4.75. The predicted octanol–water partition coefficient (Wildman–Crippen LogP) is 1.47. The van der Waals surface area contributed by atoms with Crippen molar-refractivity contribution >= 4 is 17.3 Å². The first-order valence-electron chi connectivity index (χ1n) is 6.15. The van der Waals surface area contributed by atoms with Crippen LogP contribution in [-0.2, 0) is 0 Å². The van der Waals surface area contributed by atoms with E-state index in [1.165, 1.54) is 18.9 Å². The van der Waals surface area contributed by atoms with Crippen LogP contribution in [-0.4, -0.2) is 42.2 Å². The van der Waals surface area contributed by atoms with E-state index in [0.717, 1.165) is 24.8 Å². The fourth-order valence-corrected chi connectivity index (χ4v) is 1.94. The Labute approximate surface area is 107 Å². The second kappa shape index (κ2) is 5.27. The molecule has 0 bridgehead atoms. The van der Waals surface area contributed by atoms with Gasteiger partial charge in [0.2, 0.25) is 0 Å². The van der Waals surface area contributed by atoms with Crippen LogP contribution in [0.2, 0.25) is 0 Å². The topological polar surface area (TPSA) is 78.6 Å². The lowest BCUT2D eigenvalue weighted by molar-refractivity contribution is 0.0698. The molecule has 0 saturated heterocycles. The SMILES string of the molecule is CN(CCNc1ccc(C(=O)O)c(N)c1)C1CC1. The highest BCUT2D eigenvalue weighted by Crippen LogP contribution is 2.25. The molecule has 0 aromatic heterocycles. The van der Waals surface area contributed by atoms with Crippen LogP contribution in [0.25, 0.3) is 0 Å². The van der Waals surface area contributed by atoms with Crippen LogP contribution in [0.4, 0.5) is 11.4 Å². The molecular weight excluding hydrogens is 230 g/mol. The smallest absolute Gasteiger partial charge is 0.337 e. The number of aromatic carboxylic acids is 1. The third kappa shape index (κ3) is 3.13. The first-order chi connectivity index (χ1) is 8.58. The van der Waals surface area contributed by atoms with E-state index < -0.39 is 5.97 Å². The van der Waals surface area contributed by atoms with Gasteiger partial charge in [-0.15, -0.1) is 0 Å². The molecule has 1 fully saturated rings. The number of nitrogens with two attached hydrogens (primary N) is 1. The fourth-order valence-electron chi connectivity index (χ4n) is 1.94. The number of rotatable bonds is 6. The third-order valence-corrected chi connectivity index (χ3v) is 3.25. The molecule has 0 amide bonds. The van der Waals surface area contributed by atoms with Crippen molar-refractivity contribution in [3.05, 3.63) is 23.8 Å². The van der Waals surface area contributed by atoms with E-state index in [1.54, 1.807) is 12.1 Å². The summed E-state index contributed by atoms with van der Waals surface area (Å²) in [5.74, 6) is -0.993. The number of anilines is 2. The van der Waals surface area contributed by atoms with Gasteiger partial charge in [-0.3, -0.25) is 0 Å². The first kappa shape index (κ1) is 12.7. The number of hydrogen-bond acceptors (Lipinski definition) is 4. The molecule has 1 aromatic carbocycles. The van der Waals surface area contributed by atoms with Crippen molar-refractivity contribution in [3.63, 3.8) is 0 Å². The predicted molar refractivity (Wildman–Crippen MR) is 72.0 cm³/mol. The van der Waals surface area contributed by atoms with E-state index in [2.05, 4.69) is 17.3 Å². The van der Waals surface area contributed by atoms with Crippen LogP contribution < -0.4 is 11.1 Å². The van der Waals surface area contributed by atoms with Crippen LogP contribution in [0.5, 0.6) is 0 Å². The van der Waals surface area contributed by atoms with Crippen LogP contribution >= 0.6 is 0 Å². The Balaban J connectivity index is 1.85. The van der Waals surface area contributed by atoms with Crippen molar-refractivity contribution in [2.45, 2.75) is 18.9 Å². The summed E-state index contributed by atoms with van der Waals surface area (Å²) >= 11 is 0. The van der Waals surface area contributed by atoms with Crippen molar-refractivity contribution in [3.8, 4) is 0 Å². The molecule has 18 heavy (non-hydrogen) atoms. The second-order valence-corrected chi connectivity index (χ2v) is 4.75. The highest BCUT2D eigenvalue weighted by atomic mass is 16.4. The minimum atomic E-state index is -0.993. The average Bonchev–Trinajstić information content (AvgIpc) is 3.12. The zero-order valence-corrected chi connectivity index (χ0v) is 10.5. The molecule has 1 aliphatic rings. The molecule has 0 radical (unpaired) electrons. The van der Waals surface area contributed by atoms with Gasteiger partial charge in [-0.2, -0.15) is 0 Å². The van der Waals surface area contributed by atoms with Crippen LogP contribution in [0.15, 0.2) is 18.2 Å². The Hall–Kier alpha value is -1.75. The molecule has 98 valence electrons. The summed E-state index contributed by atoms with van der Waals surface area (Å²) in [5.41, 5.74) is 6.99. The van der Waals surface area contributed by atoms with Gasteiger partial charge in [-0.05, 0) is 38.1 Å². The Morgan fingerprint density at radius 3 is 2.83 bits per heavy atom. The maximum atomic E-state index is 10.8. The number of carboxylic acids is 1. The van der Waals surface area contributed by atoms with E-state index in [0.29, 0.717) is 5.69 Å².